The summed E-state index contributed by atoms with van der Waals surface area (Å²) in [6.07, 6.45) is -7.27. The van der Waals surface area contributed by atoms with Gasteiger partial charge in [0.1, 0.15) is 0 Å². The van der Waals surface area contributed by atoms with Crippen molar-refractivity contribution in [1.29, 1.82) is 0 Å². The number of nitrogens with two attached hydrogens (primary N) is 4. The highest BCUT2D eigenvalue weighted by atomic mass is 16.3. The zero-order chi connectivity index (χ0) is 19.8. The third-order valence-corrected chi connectivity index (χ3v) is 5.51. The van der Waals surface area contributed by atoms with Gasteiger partial charge in [0.15, 0.2) is 0 Å². The minimum atomic E-state index is -1.22. The summed E-state index contributed by atoms with van der Waals surface area (Å²) >= 11 is 0. The van der Waals surface area contributed by atoms with Crippen LogP contribution in [0.15, 0.2) is 0 Å². The molecule has 2 fully saturated rings. The average molecular weight is 380 g/mol. The number of rotatable bonds is 5. The van der Waals surface area contributed by atoms with Gasteiger partial charge in [-0.1, -0.05) is 0 Å². The van der Waals surface area contributed by atoms with Gasteiger partial charge in [-0.15, -0.1) is 0 Å². The highest BCUT2D eigenvalue weighted by Gasteiger charge is 2.47. The van der Waals surface area contributed by atoms with E-state index in [9.17, 15) is 30.6 Å². The summed E-state index contributed by atoms with van der Waals surface area (Å²) in [5, 5.41) is 65.7. The lowest BCUT2D eigenvalue weighted by Gasteiger charge is -2.44. The van der Waals surface area contributed by atoms with Gasteiger partial charge in [-0.3, -0.25) is 0 Å². The van der Waals surface area contributed by atoms with E-state index in [1.165, 1.54) is 0 Å². The topological polar surface area (TPSA) is 250 Å². The Morgan fingerprint density at radius 3 is 0.923 bits per heavy atom. The molecular weight excluding hydrogens is 348 g/mol. The molecule has 0 heterocycles. The largest absolute Gasteiger partial charge is 0.390 e. The van der Waals surface area contributed by atoms with E-state index in [0.717, 1.165) is 0 Å². The van der Waals surface area contributed by atoms with E-state index in [4.69, 9.17) is 22.9 Å². The predicted molar refractivity (Wildman–Crippen MR) is 91.5 cm³/mol. The monoisotopic (exact) mass is 380 g/mol. The molecule has 0 aliphatic heterocycles. The Balaban J connectivity index is 1.86. The molecule has 12 nitrogen and oxygen atoms in total. The number of hydrogen-bond acceptors (Lipinski definition) is 12. The molecule has 2 aliphatic rings. The van der Waals surface area contributed by atoms with Gasteiger partial charge in [0.25, 0.3) is 0 Å². The van der Waals surface area contributed by atoms with Gasteiger partial charge in [0.05, 0.1) is 72.9 Å². The summed E-state index contributed by atoms with van der Waals surface area (Å²) in [6.45, 7) is 0.439. The predicted octanol–water partition coefficient (Wildman–Crippen LogP) is -7.60. The van der Waals surface area contributed by atoms with Crippen LogP contribution < -0.4 is 33.6 Å². The Morgan fingerprint density at radius 1 is 0.462 bits per heavy atom. The van der Waals surface area contributed by atoms with Crippen LogP contribution >= 0.6 is 0 Å². The molecule has 2 saturated carbocycles. The third kappa shape index (κ3) is 4.01. The molecule has 0 saturated heterocycles. The van der Waals surface area contributed by atoms with Gasteiger partial charge in [0, 0.05) is 13.1 Å². The zero-order valence-corrected chi connectivity index (χ0v) is 14.3. The van der Waals surface area contributed by atoms with Crippen molar-refractivity contribution < 1.29 is 30.6 Å². The molecule has 0 aromatic rings. The highest BCUT2D eigenvalue weighted by Crippen LogP contribution is 2.20. The first-order chi connectivity index (χ1) is 12.1. The summed E-state index contributed by atoms with van der Waals surface area (Å²) in [6, 6.07) is -5.70. The fraction of sp³-hybridized carbons (Fsp3) is 1.00. The van der Waals surface area contributed by atoms with Crippen LogP contribution in [0.2, 0.25) is 0 Å². The summed E-state index contributed by atoms with van der Waals surface area (Å²) in [7, 11) is 0. The van der Waals surface area contributed by atoms with Crippen molar-refractivity contribution in [2.45, 2.75) is 72.9 Å². The van der Waals surface area contributed by atoms with E-state index in [1.54, 1.807) is 0 Å². The van der Waals surface area contributed by atoms with Gasteiger partial charge in [-0.2, -0.15) is 0 Å². The molecule has 0 spiro atoms. The number of aliphatic hydroxyl groups is 6. The molecule has 0 aromatic carbocycles. The van der Waals surface area contributed by atoms with Gasteiger partial charge in [-0.05, 0) is 0 Å². The summed E-state index contributed by atoms with van der Waals surface area (Å²) in [5.74, 6) is 0. The van der Waals surface area contributed by atoms with Crippen molar-refractivity contribution in [3.05, 3.63) is 0 Å². The molecular formula is C14H32N6O6. The Hall–Kier alpha value is -0.480. The maximum Gasteiger partial charge on any atom is 0.0895 e. The van der Waals surface area contributed by atoms with E-state index in [-0.39, 0.29) is 13.1 Å². The lowest BCUT2D eigenvalue weighted by atomic mass is 9.80. The Labute approximate surface area is 151 Å². The van der Waals surface area contributed by atoms with E-state index in [1.807, 2.05) is 0 Å². The lowest BCUT2D eigenvalue weighted by molar-refractivity contribution is -0.0833. The maximum absolute atomic E-state index is 10.1. The van der Waals surface area contributed by atoms with E-state index < -0.39 is 72.9 Å². The van der Waals surface area contributed by atoms with E-state index in [2.05, 4.69) is 10.6 Å². The van der Waals surface area contributed by atoms with Crippen molar-refractivity contribution in [2.24, 2.45) is 22.9 Å². The van der Waals surface area contributed by atoms with Gasteiger partial charge < -0.3 is 64.2 Å². The normalized spacial score (nSPS) is 52.8. The van der Waals surface area contributed by atoms with Crippen LogP contribution in [0, 0.1) is 0 Å². The van der Waals surface area contributed by atoms with Crippen molar-refractivity contribution in [3.8, 4) is 0 Å². The zero-order valence-electron chi connectivity index (χ0n) is 14.3. The number of aliphatic hydroxyl groups excluding tert-OH is 6. The summed E-state index contributed by atoms with van der Waals surface area (Å²) < 4.78 is 0. The Bertz CT molecular complexity index is 392. The Kier molecular flexibility index (Phi) is 7.29. The first kappa shape index (κ1) is 21.8. The number of nitrogens with one attached hydrogen (secondary N) is 2. The quantitative estimate of drug-likeness (QED) is 0.199. The molecule has 4 unspecified atom stereocenters. The molecule has 0 bridgehead atoms. The summed E-state index contributed by atoms with van der Waals surface area (Å²) in [4.78, 5) is 0. The SMILES string of the molecule is N[C@@H]1C(O)[C@H](N)[C@H](O)C(NCCNC2[C@@H](O)[C@@H](N)C(O)[C@@H](N)[C@H]2O)[C@@H]1O. The van der Waals surface area contributed by atoms with E-state index >= 15 is 0 Å². The molecule has 16 N–H and O–H groups in total. The highest BCUT2D eigenvalue weighted by molar-refractivity contribution is 5.07. The van der Waals surface area contributed by atoms with Gasteiger partial charge in [-0.25, -0.2) is 0 Å². The molecule has 0 amide bonds. The second-order valence-electron chi connectivity index (χ2n) is 7.21. The minimum Gasteiger partial charge on any atom is -0.390 e. The summed E-state index contributed by atoms with van der Waals surface area (Å²) in [5.41, 5.74) is 22.8. The van der Waals surface area contributed by atoms with Crippen LogP contribution in [0.3, 0.4) is 0 Å². The fourth-order valence-corrected chi connectivity index (χ4v) is 3.64. The van der Waals surface area contributed by atoms with Crippen molar-refractivity contribution in [2.75, 3.05) is 13.1 Å². The number of hydrogen-bond donors (Lipinski definition) is 12. The smallest absolute Gasteiger partial charge is 0.0895 e. The average Bonchev–Trinajstić information content (AvgIpc) is 2.63. The standard InChI is InChI=1S/C14H32N6O6/c15-3-9(21)4(16)12(24)7(11(3)23)19-1-2-20-8-13(25)5(17)10(22)6(18)14(8)26/h3-14,19-26H,1-2,15-18H2/t3-,4+,5-,6+,7?,8?,9?,10?,11-,12+,13-,14+. The maximum atomic E-state index is 10.1. The molecule has 154 valence electrons. The molecule has 26 heavy (non-hydrogen) atoms. The van der Waals surface area contributed by atoms with Crippen molar-refractivity contribution in [3.63, 3.8) is 0 Å². The Morgan fingerprint density at radius 2 is 0.692 bits per heavy atom. The fourth-order valence-electron chi connectivity index (χ4n) is 3.64. The van der Waals surface area contributed by atoms with Crippen LogP contribution in [-0.4, -0.2) is 117 Å². The van der Waals surface area contributed by atoms with E-state index in [0.29, 0.717) is 0 Å². The molecule has 0 radical (unpaired) electrons. The van der Waals surface area contributed by atoms with Crippen molar-refractivity contribution in [1.82, 2.24) is 10.6 Å². The molecule has 12 heteroatoms. The first-order valence-electron chi connectivity index (χ1n) is 8.67. The second kappa shape index (κ2) is 8.68. The molecule has 2 rings (SSSR count). The lowest BCUT2D eigenvalue weighted by Crippen LogP contribution is -2.73. The molecule has 0 aromatic heterocycles. The van der Waals surface area contributed by atoms with Crippen LogP contribution in [0.4, 0.5) is 0 Å². The molecule has 12 atom stereocenters. The second-order valence-corrected chi connectivity index (χ2v) is 7.21. The van der Waals surface area contributed by atoms with Crippen LogP contribution in [0.1, 0.15) is 0 Å². The van der Waals surface area contributed by atoms with Crippen LogP contribution in [0.5, 0.6) is 0 Å². The van der Waals surface area contributed by atoms with Gasteiger partial charge in [0.2, 0.25) is 0 Å². The van der Waals surface area contributed by atoms with Crippen LogP contribution in [-0.2, 0) is 0 Å². The third-order valence-electron chi connectivity index (χ3n) is 5.51. The van der Waals surface area contributed by atoms with Crippen LogP contribution in [0.25, 0.3) is 0 Å². The minimum absolute atomic E-state index is 0.220. The van der Waals surface area contributed by atoms with Gasteiger partial charge >= 0.3 is 0 Å². The first-order valence-corrected chi connectivity index (χ1v) is 8.67. The molecule has 2 aliphatic carbocycles. The van der Waals surface area contributed by atoms with Crippen molar-refractivity contribution >= 4 is 0 Å².